The SMILES string of the molecule is CCc1nc(-c2ccc(OCC(C)C)cc2)sc1C#N. The van der Waals surface area contributed by atoms with E-state index in [2.05, 4.69) is 24.9 Å². The summed E-state index contributed by atoms with van der Waals surface area (Å²) >= 11 is 1.45. The van der Waals surface area contributed by atoms with Crippen molar-refractivity contribution in [3.63, 3.8) is 0 Å². The van der Waals surface area contributed by atoms with Gasteiger partial charge in [-0.3, -0.25) is 0 Å². The number of aryl methyl sites for hydroxylation is 1. The first-order valence-corrected chi connectivity index (χ1v) is 7.58. The molecule has 0 aliphatic rings. The lowest BCUT2D eigenvalue weighted by Gasteiger charge is -2.08. The molecule has 0 fully saturated rings. The first-order chi connectivity index (χ1) is 9.63. The summed E-state index contributed by atoms with van der Waals surface area (Å²) in [6.07, 6.45) is 0.787. The van der Waals surface area contributed by atoms with Crippen LogP contribution >= 0.6 is 11.3 Å². The van der Waals surface area contributed by atoms with E-state index in [1.54, 1.807) is 0 Å². The summed E-state index contributed by atoms with van der Waals surface area (Å²) in [5, 5.41) is 9.97. The Bertz CT molecular complexity index is 608. The molecule has 1 aromatic carbocycles. The normalized spacial score (nSPS) is 10.6. The molecule has 0 unspecified atom stereocenters. The van der Waals surface area contributed by atoms with Crippen molar-refractivity contribution in [2.24, 2.45) is 5.92 Å². The van der Waals surface area contributed by atoms with Gasteiger partial charge in [0, 0.05) is 5.56 Å². The highest BCUT2D eigenvalue weighted by Gasteiger charge is 2.10. The Labute approximate surface area is 123 Å². The van der Waals surface area contributed by atoms with E-state index in [-0.39, 0.29) is 0 Å². The number of hydrogen-bond donors (Lipinski definition) is 0. The summed E-state index contributed by atoms with van der Waals surface area (Å²) in [6.45, 7) is 6.98. The smallest absolute Gasteiger partial charge is 0.128 e. The minimum absolute atomic E-state index is 0.513. The molecule has 20 heavy (non-hydrogen) atoms. The van der Waals surface area contributed by atoms with Crippen molar-refractivity contribution in [2.75, 3.05) is 6.61 Å². The van der Waals surface area contributed by atoms with Crippen LogP contribution in [0.4, 0.5) is 0 Å². The van der Waals surface area contributed by atoms with Gasteiger partial charge in [-0.1, -0.05) is 20.8 Å². The van der Waals surface area contributed by atoms with Crippen LogP contribution in [0.25, 0.3) is 10.6 Å². The molecule has 2 aromatic rings. The first-order valence-electron chi connectivity index (χ1n) is 6.77. The van der Waals surface area contributed by atoms with Gasteiger partial charge in [0.05, 0.1) is 12.3 Å². The Balaban J connectivity index is 2.17. The number of ether oxygens (including phenoxy) is 1. The van der Waals surface area contributed by atoms with E-state index in [4.69, 9.17) is 10.00 Å². The maximum absolute atomic E-state index is 9.08. The van der Waals surface area contributed by atoms with E-state index in [1.807, 2.05) is 31.2 Å². The van der Waals surface area contributed by atoms with Crippen LogP contribution in [0.15, 0.2) is 24.3 Å². The number of hydrogen-bond acceptors (Lipinski definition) is 4. The number of thiazole rings is 1. The van der Waals surface area contributed by atoms with Gasteiger partial charge in [-0.25, -0.2) is 4.98 Å². The Hall–Kier alpha value is -1.86. The third-order valence-electron chi connectivity index (χ3n) is 2.82. The van der Waals surface area contributed by atoms with Crippen molar-refractivity contribution in [2.45, 2.75) is 27.2 Å². The molecular formula is C16H18N2OS. The van der Waals surface area contributed by atoms with Crippen molar-refractivity contribution in [1.82, 2.24) is 4.98 Å². The maximum atomic E-state index is 9.08. The van der Waals surface area contributed by atoms with Gasteiger partial charge in [-0.05, 0) is 36.6 Å². The third kappa shape index (κ3) is 3.37. The maximum Gasteiger partial charge on any atom is 0.128 e. The molecule has 0 atom stereocenters. The van der Waals surface area contributed by atoms with E-state index in [9.17, 15) is 0 Å². The molecule has 0 radical (unpaired) electrons. The van der Waals surface area contributed by atoms with Crippen LogP contribution in [0, 0.1) is 17.2 Å². The van der Waals surface area contributed by atoms with Crippen LogP contribution < -0.4 is 4.74 Å². The van der Waals surface area contributed by atoms with Crippen molar-refractivity contribution < 1.29 is 4.74 Å². The van der Waals surface area contributed by atoms with Crippen LogP contribution in [-0.2, 0) is 6.42 Å². The summed E-state index contributed by atoms with van der Waals surface area (Å²) in [4.78, 5) is 5.24. The van der Waals surface area contributed by atoms with E-state index in [0.29, 0.717) is 10.8 Å². The molecule has 2 rings (SSSR count). The topological polar surface area (TPSA) is 45.9 Å². The van der Waals surface area contributed by atoms with Crippen LogP contribution in [0.5, 0.6) is 5.75 Å². The lowest BCUT2D eigenvalue weighted by molar-refractivity contribution is 0.271. The Morgan fingerprint density at radius 2 is 2.00 bits per heavy atom. The summed E-state index contributed by atoms with van der Waals surface area (Å²) in [5.74, 6) is 1.38. The molecule has 0 aliphatic carbocycles. The summed E-state index contributed by atoms with van der Waals surface area (Å²) < 4.78 is 5.66. The van der Waals surface area contributed by atoms with Crippen molar-refractivity contribution in [3.8, 4) is 22.4 Å². The zero-order chi connectivity index (χ0) is 14.5. The lowest BCUT2D eigenvalue weighted by Crippen LogP contribution is -2.04. The highest BCUT2D eigenvalue weighted by molar-refractivity contribution is 7.15. The summed E-state index contributed by atoms with van der Waals surface area (Å²) in [6, 6.07) is 10.1. The molecule has 0 spiro atoms. The number of benzene rings is 1. The molecule has 1 aromatic heterocycles. The van der Waals surface area contributed by atoms with E-state index < -0.39 is 0 Å². The van der Waals surface area contributed by atoms with Crippen LogP contribution in [0.1, 0.15) is 31.3 Å². The predicted octanol–water partition coefficient (Wildman–Crippen LogP) is 4.28. The van der Waals surface area contributed by atoms with Crippen molar-refractivity contribution >= 4 is 11.3 Å². The van der Waals surface area contributed by atoms with Crippen LogP contribution in [0.2, 0.25) is 0 Å². The molecule has 4 heteroatoms. The quantitative estimate of drug-likeness (QED) is 0.824. The lowest BCUT2D eigenvalue weighted by atomic mass is 10.2. The van der Waals surface area contributed by atoms with Crippen molar-refractivity contribution in [1.29, 1.82) is 5.26 Å². The van der Waals surface area contributed by atoms with Gasteiger partial charge < -0.3 is 4.74 Å². The van der Waals surface area contributed by atoms with Gasteiger partial charge >= 0.3 is 0 Å². The zero-order valence-corrected chi connectivity index (χ0v) is 12.8. The highest BCUT2D eigenvalue weighted by atomic mass is 32.1. The average molecular weight is 286 g/mol. The predicted molar refractivity (Wildman–Crippen MR) is 82.0 cm³/mol. The van der Waals surface area contributed by atoms with Crippen LogP contribution in [0.3, 0.4) is 0 Å². The molecule has 0 saturated heterocycles. The second-order valence-electron chi connectivity index (χ2n) is 4.99. The van der Waals surface area contributed by atoms with Gasteiger partial charge in [-0.2, -0.15) is 5.26 Å². The minimum atomic E-state index is 0.513. The fourth-order valence-electron chi connectivity index (χ4n) is 1.76. The molecule has 1 heterocycles. The number of nitrogens with zero attached hydrogens (tertiary/aromatic N) is 2. The zero-order valence-electron chi connectivity index (χ0n) is 12.0. The van der Waals surface area contributed by atoms with E-state index in [0.717, 1.165) is 35.0 Å². The molecular weight excluding hydrogens is 268 g/mol. The Morgan fingerprint density at radius 3 is 2.50 bits per heavy atom. The third-order valence-corrected chi connectivity index (χ3v) is 3.87. The van der Waals surface area contributed by atoms with Gasteiger partial charge in [0.25, 0.3) is 0 Å². The Kier molecular flexibility index (Phi) is 4.75. The van der Waals surface area contributed by atoms with Gasteiger partial charge in [0.15, 0.2) is 0 Å². The molecule has 0 aliphatic heterocycles. The van der Waals surface area contributed by atoms with Crippen LogP contribution in [-0.4, -0.2) is 11.6 Å². The molecule has 0 saturated carbocycles. The molecule has 3 nitrogen and oxygen atoms in total. The number of aromatic nitrogens is 1. The monoisotopic (exact) mass is 286 g/mol. The molecule has 104 valence electrons. The van der Waals surface area contributed by atoms with Gasteiger partial charge in [0.2, 0.25) is 0 Å². The fourth-order valence-corrected chi connectivity index (χ4v) is 2.72. The Morgan fingerprint density at radius 1 is 1.30 bits per heavy atom. The van der Waals surface area contributed by atoms with Crippen molar-refractivity contribution in [3.05, 3.63) is 34.8 Å². The number of nitriles is 1. The largest absolute Gasteiger partial charge is 0.493 e. The summed E-state index contributed by atoms with van der Waals surface area (Å²) in [7, 11) is 0. The van der Waals surface area contributed by atoms with E-state index in [1.165, 1.54) is 11.3 Å². The van der Waals surface area contributed by atoms with Gasteiger partial charge in [-0.15, -0.1) is 11.3 Å². The standard InChI is InChI=1S/C16H18N2OS/c1-4-14-15(9-17)20-16(18-14)12-5-7-13(8-6-12)19-10-11(2)3/h5-8,11H,4,10H2,1-3H3. The van der Waals surface area contributed by atoms with E-state index >= 15 is 0 Å². The minimum Gasteiger partial charge on any atom is -0.493 e. The molecule has 0 N–H and O–H groups in total. The van der Waals surface area contributed by atoms with Gasteiger partial charge in [0.1, 0.15) is 21.7 Å². The molecule has 0 bridgehead atoms. The second kappa shape index (κ2) is 6.53. The number of rotatable bonds is 5. The first kappa shape index (κ1) is 14.5. The average Bonchev–Trinajstić information content (AvgIpc) is 2.89. The second-order valence-corrected chi connectivity index (χ2v) is 5.99. The summed E-state index contributed by atoms with van der Waals surface area (Å²) in [5.41, 5.74) is 1.91. The highest BCUT2D eigenvalue weighted by Crippen LogP contribution is 2.29. The molecule has 0 amide bonds. The fraction of sp³-hybridized carbons (Fsp3) is 0.375.